The number of aryl methyl sites for hydroxylation is 1. The Labute approximate surface area is 127 Å². The number of nitrogens with one attached hydrogen (secondary N) is 2. The number of amides is 1. The van der Waals surface area contributed by atoms with Gasteiger partial charge in [-0.2, -0.15) is 0 Å². The number of benzene rings is 1. The lowest BCUT2D eigenvalue weighted by molar-refractivity contribution is -0.126. The lowest BCUT2D eigenvalue weighted by atomic mass is 10.0. The van der Waals surface area contributed by atoms with Crippen LogP contribution in [0.4, 0.5) is 5.69 Å². The minimum atomic E-state index is 0. The van der Waals surface area contributed by atoms with Gasteiger partial charge < -0.3 is 15.5 Å². The molecule has 0 radical (unpaired) electrons. The quantitative estimate of drug-likeness (QED) is 0.838. The number of nitrogens with zero attached hydrogens (tertiary/aromatic N) is 1. The van der Waals surface area contributed by atoms with E-state index < -0.39 is 0 Å². The Hall–Kier alpha value is -1.26. The fourth-order valence-corrected chi connectivity index (χ4v) is 2.23. The fraction of sp³-hybridized carbons (Fsp3) is 0.533. The highest BCUT2D eigenvalue weighted by molar-refractivity contribution is 5.85. The molecule has 0 saturated carbocycles. The maximum Gasteiger partial charge on any atom is 0.225 e. The summed E-state index contributed by atoms with van der Waals surface area (Å²) in [5, 5.41) is 6.13. The van der Waals surface area contributed by atoms with E-state index in [2.05, 4.69) is 53.6 Å². The van der Waals surface area contributed by atoms with Gasteiger partial charge in [0.1, 0.15) is 0 Å². The van der Waals surface area contributed by atoms with Gasteiger partial charge in [0, 0.05) is 38.4 Å². The van der Waals surface area contributed by atoms with Crippen molar-refractivity contribution in [1.29, 1.82) is 0 Å². The molecular formula is C15H24ClN3O. The monoisotopic (exact) mass is 297 g/mol. The first kappa shape index (κ1) is 16.8. The van der Waals surface area contributed by atoms with Crippen LogP contribution in [0.3, 0.4) is 0 Å². The second-order valence-electron chi connectivity index (χ2n) is 5.06. The standard InChI is InChI=1S/C15H23N3O.ClH/c1-3-18(14-6-4-5-12(2)9-14)8-7-17-15(19)13-10-16-11-13;/h4-6,9,13,16H,3,7-8,10-11H2,1-2H3,(H,17,19);1H. The van der Waals surface area contributed by atoms with Crippen LogP contribution >= 0.6 is 12.4 Å². The van der Waals surface area contributed by atoms with Gasteiger partial charge in [-0.3, -0.25) is 4.79 Å². The summed E-state index contributed by atoms with van der Waals surface area (Å²) in [6.07, 6.45) is 0. The molecule has 1 aliphatic rings. The molecule has 1 saturated heterocycles. The van der Waals surface area contributed by atoms with Crippen molar-refractivity contribution in [3.8, 4) is 0 Å². The van der Waals surface area contributed by atoms with E-state index in [0.29, 0.717) is 6.54 Å². The Morgan fingerprint density at radius 3 is 2.75 bits per heavy atom. The van der Waals surface area contributed by atoms with Crippen LogP contribution in [0.1, 0.15) is 12.5 Å². The van der Waals surface area contributed by atoms with Crippen LogP contribution in [0, 0.1) is 12.8 Å². The largest absolute Gasteiger partial charge is 0.370 e. The van der Waals surface area contributed by atoms with Crippen LogP contribution in [-0.2, 0) is 4.79 Å². The third-order valence-corrected chi connectivity index (χ3v) is 3.58. The molecule has 112 valence electrons. The maximum atomic E-state index is 11.7. The minimum absolute atomic E-state index is 0. The molecule has 2 rings (SSSR count). The SMILES string of the molecule is CCN(CCNC(=O)C1CNC1)c1cccc(C)c1.Cl. The van der Waals surface area contributed by atoms with Gasteiger partial charge in [0.05, 0.1) is 5.92 Å². The predicted molar refractivity (Wildman–Crippen MR) is 85.7 cm³/mol. The number of carbonyl (C=O) groups excluding carboxylic acids is 1. The predicted octanol–water partition coefficient (Wildman–Crippen LogP) is 1.58. The topological polar surface area (TPSA) is 44.4 Å². The number of rotatable bonds is 6. The molecule has 2 N–H and O–H groups in total. The number of halogens is 1. The van der Waals surface area contributed by atoms with Gasteiger partial charge in [0.15, 0.2) is 0 Å². The molecule has 0 bridgehead atoms. The first-order valence-electron chi connectivity index (χ1n) is 7.00. The lowest BCUT2D eigenvalue weighted by Crippen LogP contribution is -2.51. The van der Waals surface area contributed by atoms with Gasteiger partial charge in [-0.05, 0) is 31.5 Å². The molecule has 0 atom stereocenters. The van der Waals surface area contributed by atoms with E-state index in [-0.39, 0.29) is 24.2 Å². The number of hydrogen-bond acceptors (Lipinski definition) is 3. The summed E-state index contributed by atoms with van der Waals surface area (Å²) < 4.78 is 0. The number of likely N-dealkylation sites (N-methyl/N-ethyl adjacent to an activating group) is 1. The summed E-state index contributed by atoms with van der Waals surface area (Å²) in [7, 11) is 0. The third-order valence-electron chi connectivity index (χ3n) is 3.58. The summed E-state index contributed by atoms with van der Waals surface area (Å²) in [6, 6.07) is 8.48. The van der Waals surface area contributed by atoms with E-state index in [9.17, 15) is 4.79 Å². The Morgan fingerprint density at radius 1 is 1.45 bits per heavy atom. The van der Waals surface area contributed by atoms with Crippen LogP contribution in [0.15, 0.2) is 24.3 Å². The molecule has 1 heterocycles. The molecule has 0 unspecified atom stereocenters. The molecule has 1 aliphatic heterocycles. The second-order valence-corrected chi connectivity index (χ2v) is 5.06. The van der Waals surface area contributed by atoms with Crippen LogP contribution in [0.5, 0.6) is 0 Å². The molecule has 20 heavy (non-hydrogen) atoms. The van der Waals surface area contributed by atoms with Crippen molar-refractivity contribution in [1.82, 2.24) is 10.6 Å². The number of hydrogen-bond donors (Lipinski definition) is 2. The van der Waals surface area contributed by atoms with Gasteiger partial charge in [0.2, 0.25) is 5.91 Å². The van der Waals surface area contributed by atoms with E-state index >= 15 is 0 Å². The molecule has 1 aromatic carbocycles. The maximum absolute atomic E-state index is 11.7. The first-order valence-corrected chi connectivity index (χ1v) is 7.00. The summed E-state index contributed by atoms with van der Waals surface area (Å²) in [6.45, 7) is 8.39. The van der Waals surface area contributed by atoms with Crippen LogP contribution < -0.4 is 15.5 Å². The van der Waals surface area contributed by atoms with Crippen molar-refractivity contribution in [3.63, 3.8) is 0 Å². The summed E-state index contributed by atoms with van der Waals surface area (Å²) in [5.74, 6) is 0.355. The minimum Gasteiger partial charge on any atom is -0.370 e. The second kappa shape index (κ2) is 8.12. The van der Waals surface area contributed by atoms with Gasteiger partial charge >= 0.3 is 0 Å². The van der Waals surface area contributed by atoms with E-state index in [0.717, 1.165) is 26.2 Å². The average Bonchev–Trinajstić information content (AvgIpc) is 2.32. The zero-order valence-corrected chi connectivity index (χ0v) is 13.0. The van der Waals surface area contributed by atoms with Gasteiger partial charge in [-0.25, -0.2) is 0 Å². The van der Waals surface area contributed by atoms with Crippen molar-refractivity contribution in [2.24, 2.45) is 5.92 Å². The Bertz CT molecular complexity index is 435. The van der Waals surface area contributed by atoms with Crippen molar-refractivity contribution in [2.45, 2.75) is 13.8 Å². The molecule has 4 nitrogen and oxygen atoms in total. The molecule has 1 aromatic rings. The van der Waals surface area contributed by atoms with E-state index in [1.165, 1.54) is 11.3 Å². The van der Waals surface area contributed by atoms with Crippen LogP contribution in [0.25, 0.3) is 0 Å². The number of carbonyl (C=O) groups is 1. The summed E-state index contributed by atoms with van der Waals surface area (Å²) in [5.41, 5.74) is 2.49. The third kappa shape index (κ3) is 4.39. The molecule has 1 amide bonds. The Balaban J connectivity index is 0.00000200. The molecular weight excluding hydrogens is 274 g/mol. The lowest BCUT2D eigenvalue weighted by Gasteiger charge is -2.27. The van der Waals surface area contributed by atoms with Gasteiger partial charge in [0.25, 0.3) is 0 Å². The van der Waals surface area contributed by atoms with Crippen molar-refractivity contribution in [2.75, 3.05) is 37.6 Å². The fourth-order valence-electron chi connectivity index (χ4n) is 2.23. The van der Waals surface area contributed by atoms with Crippen LogP contribution in [-0.4, -0.2) is 38.6 Å². The van der Waals surface area contributed by atoms with Gasteiger partial charge in [-0.1, -0.05) is 12.1 Å². The molecule has 1 fully saturated rings. The normalized spacial score (nSPS) is 14.1. The first-order chi connectivity index (χ1) is 9.20. The smallest absolute Gasteiger partial charge is 0.225 e. The van der Waals surface area contributed by atoms with Crippen LogP contribution in [0.2, 0.25) is 0 Å². The van der Waals surface area contributed by atoms with Gasteiger partial charge in [-0.15, -0.1) is 12.4 Å². The highest BCUT2D eigenvalue weighted by Crippen LogP contribution is 2.15. The zero-order valence-electron chi connectivity index (χ0n) is 12.2. The van der Waals surface area contributed by atoms with Crippen molar-refractivity contribution < 1.29 is 4.79 Å². The zero-order chi connectivity index (χ0) is 13.7. The average molecular weight is 298 g/mol. The molecule has 5 heteroatoms. The summed E-state index contributed by atoms with van der Waals surface area (Å²) >= 11 is 0. The molecule has 0 spiro atoms. The number of anilines is 1. The van der Waals surface area contributed by atoms with E-state index in [1.807, 2.05) is 0 Å². The summed E-state index contributed by atoms with van der Waals surface area (Å²) in [4.78, 5) is 14.0. The molecule has 0 aliphatic carbocycles. The Morgan fingerprint density at radius 2 is 2.20 bits per heavy atom. The highest BCUT2D eigenvalue weighted by atomic mass is 35.5. The van der Waals surface area contributed by atoms with Crippen molar-refractivity contribution in [3.05, 3.63) is 29.8 Å². The van der Waals surface area contributed by atoms with E-state index in [4.69, 9.17) is 0 Å². The Kier molecular flexibility index (Phi) is 6.82. The van der Waals surface area contributed by atoms with E-state index in [1.54, 1.807) is 0 Å². The van der Waals surface area contributed by atoms with Crippen molar-refractivity contribution >= 4 is 24.0 Å². The molecule has 0 aromatic heterocycles. The highest BCUT2D eigenvalue weighted by Gasteiger charge is 2.24.